The zero-order chi connectivity index (χ0) is 18.6. The highest BCUT2D eigenvalue weighted by Crippen LogP contribution is 2.26. The fourth-order valence-corrected chi connectivity index (χ4v) is 3.21. The number of carboxylic acid groups (broad SMARTS) is 1. The maximum absolute atomic E-state index is 12.4. The van der Waals surface area contributed by atoms with Gasteiger partial charge in [-0.2, -0.15) is 0 Å². The first kappa shape index (κ1) is 19.3. The van der Waals surface area contributed by atoms with Gasteiger partial charge in [-0.05, 0) is 17.7 Å². The molecule has 2 rings (SSSR count). The molecule has 0 aromatic heterocycles. The third-order valence-corrected chi connectivity index (χ3v) is 4.62. The van der Waals surface area contributed by atoms with E-state index in [4.69, 9.17) is 33.0 Å². The number of carbonyl (C=O) groups excluding carboxylic acids is 2. The van der Waals surface area contributed by atoms with E-state index in [-0.39, 0.29) is 25.2 Å². The number of piperidine rings is 1. The van der Waals surface area contributed by atoms with Gasteiger partial charge in [-0.15, -0.1) is 0 Å². The van der Waals surface area contributed by atoms with E-state index in [1.54, 1.807) is 17.0 Å². The van der Waals surface area contributed by atoms with E-state index in [1.165, 1.54) is 13.0 Å². The van der Waals surface area contributed by atoms with Crippen molar-refractivity contribution in [1.29, 1.82) is 0 Å². The summed E-state index contributed by atoms with van der Waals surface area (Å²) in [6.45, 7) is 2.03. The van der Waals surface area contributed by atoms with Gasteiger partial charge in [0.2, 0.25) is 11.8 Å². The molecule has 1 aliphatic heterocycles. The zero-order valence-corrected chi connectivity index (χ0v) is 15.1. The summed E-state index contributed by atoms with van der Waals surface area (Å²) in [6, 6.07) is 4.78. The Balaban J connectivity index is 2.07. The summed E-state index contributed by atoms with van der Waals surface area (Å²) < 4.78 is 4.96. The highest BCUT2D eigenvalue weighted by Gasteiger charge is 2.40. The highest BCUT2D eigenvalue weighted by molar-refractivity contribution is 6.35. The lowest BCUT2D eigenvalue weighted by molar-refractivity contribution is -0.140. The Morgan fingerprint density at radius 2 is 1.92 bits per heavy atom. The topological polar surface area (TPSA) is 95.9 Å². The average molecular weight is 389 g/mol. The zero-order valence-electron chi connectivity index (χ0n) is 13.6. The van der Waals surface area contributed by atoms with Crippen LogP contribution in [0.15, 0.2) is 18.2 Å². The number of nitrogens with one attached hydrogen (secondary N) is 1. The molecule has 9 heteroatoms. The maximum Gasteiger partial charge on any atom is 0.507 e. The van der Waals surface area contributed by atoms with Crippen LogP contribution >= 0.6 is 23.2 Å². The predicted molar refractivity (Wildman–Crippen MR) is 91.6 cm³/mol. The molecular weight excluding hydrogens is 371 g/mol. The van der Waals surface area contributed by atoms with Crippen LogP contribution in [-0.2, 0) is 20.7 Å². The minimum atomic E-state index is -1.49. The van der Waals surface area contributed by atoms with Crippen molar-refractivity contribution < 1.29 is 24.2 Å². The Labute approximate surface area is 154 Å². The van der Waals surface area contributed by atoms with Crippen molar-refractivity contribution in [2.24, 2.45) is 0 Å². The van der Waals surface area contributed by atoms with Crippen molar-refractivity contribution in [1.82, 2.24) is 10.2 Å². The maximum atomic E-state index is 12.4. The molecule has 1 aliphatic rings. The Bertz CT molecular complexity index is 687. The second-order valence-corrected chi connectivity index (χ2v) is 6.67. The smallest absolute Gasteiger partial charge is 0.450 e. The third kappa shape index (κ3) is 5.24. The van der Waals surface area contributed by atoms with Crippen LogP contribution in [0.1, 0.15) is 25.3 Å². The molecule has 0 radical (unpaired) electrons. The number of benzene rings is 1. The fraction of sp³-hybridized carbons (Fsp3) is 0.438. The number of hydrogen-bond acceptors (Lipinski definition) is 4. The molecule has 136 valence electrons. The molecule has 0 saturated carbocycles. The van der Waals surface area contributed by atoms with E-state index < -0.39 is 17.8 Å². The molecule has 2 amide bonds. The summed E-state index contributed by atoms with van der Waals surface area (Å²) in [5, 5.41) is 12.4. The van der Waals surface area contributed by atoms with Crippen LogP contribution in [0.4, 0.5) is 4.79 Å². The largest absolute Gasteiger partial charge is 0.507 e. The molecular formula is C16H18Cl2N2O5. The van der Waals surface area contributed by atoms with E-state index in [1.807, 2.05) is 0 Å². The fourth-order valence-electron chi connectivity index (χ4n) is 2.74. The lowest BCUT2D eigenvalue weighted by Gasteiger charge is -2.40. The van der Waals surface area contributed by atoms with Crippen molar-refractivity contribution in [2.45, 2.75) is 31.9 Å². The molecule has 25 heavy (non-hydrogen) atoms. The van der Waals surface area contributed by atoms with Gasteiger partial charge in [-0.3, -0.25) is 9.59 Å². The molecule has 1 aromatic carbocycles. The van der Waals surface area contributed by atoms with Crippen LogP contribution in [0, 0.1) is 0 Å². The van der Waals surface area contributed by atoms with E-state index >= 15 is 0 Å². The summed E-state index contributed by atoms with van der Waals surface area (Å²) in [6.07, 6.45) is -1.17. The van der Waals surface area contributed by atoms with Gasteiger partial charge in [0.1, 0.15) is 0 Å². The molecule has 1 fully saturated rings. The summed E-state index contributed by atoms with van der Waals surface area (Å²) in [7, 11) is 0. The molecule has 0 atom stereocenters. The first-order chi connectivity index (χ1) is 11.7. The Hall–Kier alpha value is -1.99. The Kier molecular flexibility index (Phi) is 6.13. The van der Waals surface area contributed by atoms with Crippen LogP contribution in [-0.4, -0.2) is 46.8 Å². The predicted octanol–water partition coefficient (Wildman–Crippen LogP) is 2.69. The number of likely N-dealkylation sites (tertiary alicyclic amines) is 1. The second-order valence-electron chi connectivity index (χ2n) is 5.83. The van der Waals surface area contributed by atoms with Crippen LogP contribution in [0.2, 0.25) is 10.0 Å². The average Bonchev–Trinajstić information content (AvgIpc) is 2.49. The van der Waals surface area contributed by atoms with Crippen molar-refractivity contribution in [3.05, 3.63) is 33.8 Å². The number of halogens is 2. The molecule has 0 aliphatic carbocycles. The van der Waals surface area contributed by atoms with E-state index in [9.17, 15) is 14.4 Å². The second kappa shape index (κ2) is 7.93. The van der Waals surface area contributed by atoms with Crippen molar-refractivity contribution >= 4 is 41.2 Å². The van der Waals surface area contributed by atoms with Gasteiger partial charge in [0, 0.05) is 42.9 Å². The van der Waals surface area contributed by atoms with Crippen LogP contribution < -0.4 is 5.32 Å². The monoisotopic (exact) mass is 388 g/mol. The van der Waals surface area contributed by atoms with E-state index in [0.717, 1.165) is 0 Å². The van der Waals surface area contributed by atoms with Crippen molar-refractivity contribution in [3.8, 4) is 0 Å². The number of rotatable bonds is 4. The molecule has 7 nitrogen and oxygen atoms in total. The standard InChI is InChI=1S/C16H18Cl2N2O5/c1-10(21)20-6-4-16(5-7-20,25-15(23)24)19-14(22)8-11-2-3-12(17)9-13(11)18/h2-3,9H,4-8H2,1H3,(H,19,22)(H,23,24). The molecule has 1 heterocycles. The summed E-state index contributed by atoms with van der Waals surface area (Å²) in [5.41, 5.74) is -0.788. The number of amides is 2. The Morgan fingerprint density at radius 1 is 1.28 bits per heavy atom. The number of ether oxygens (including phenoxy) is 1. The Morgan fingerprint density at radius 3 is 2.44 bits per heavy atom. The van der Waals surface area contributed by atoms with Gasteiger partial charge in [0.25, 0.3) is 0 Å². The van der Waals surface area contributed by atoms with Gasteiger partial charge < -0.3 is 20.1 Å². The molecule has 1 aromatic rings. The molecule has 0 unspecified atom stereocenters. The van der Waals surface area contributed by atoms with Crippen molar-refractivity contribution in [2.75, 3.05) is 13.1 Å². The van der Waals surface area contributed by atoms with Gasteiger partial charge >= 0.3 is 6.16 Å². The van der Waals surface area contributed by atoms with Gasteiger partial charge in [0.15, 0.2) is 5.72 Å². The van der Waals surface area contributed by atoms with E-state index in [0.29, 0.717) is 28.7 Å². The molecule has 2 N–H and O–H groups in total. The number of hydrogen-bond donors (Lipinski definition) is 2. The quantitative estimate of drug-likeness (QED) is 0.610. The third-order valence-electron chi connectivity index (χ3n) is 4.03. The van der Waals surface area contributed by atoms with Gasteiger partial charge in [0.05, 0.1) is 6.42 Å². The summed E-state index contributed by atoms with van der Waals surface area (Å²) in [5.74, 6) is -0.537. The molecule has 1 saturated heterocycles. The van der Waals surface area contributed by atoms with Crippen molar-refractivity contribution in [3.63, 3.8) is 0 Å². The van der Waals surface area contributed by atoms with Gasteiger partial charge in [-0.25, -0.2) is 4.79 Å². The summed E-state index contributed by atoms with van der Waals surface area (Å²) >= 11 is 11.9. The van der Waals surface area contributed by atoms with Gasteiger partial charge in [-0.1, -0.05) is 29.3 Å². The SMILES string of the molecule is CC(=O)N1CCC(NC(=O)Cc2ccc(Cl)cc2Cl)(OC(=O)O)CC1. The highest BCUT2D eigenvalue weighted by atomic mass is 35.5. The first-order valence-electron chi connectivity index (χ1n) is 7.63. The molecule has 0 bridgehead atoms. The normalized spacial score (nSPS) is 16.2. The number of carbonyl (C=O) groups is 3. The van der Waals surface area contributed by atoms with Crippen LogP contribution in [0.5, 0.6) is 0 Å². The minimum absolute atomic E-state index is 0.0445. The van der Waals surface area contributed by atoms with Crippen LogP contribution in [0.3, 0.4) is 0 Å². The lowest BCUT2D eigenvalue weighted by atomic mass is 9.99. The molecule has 0 spiro atoms. The minimum Gasteiger partial charge on any atom is -0.450 e. The number of nitrogens with zero attached hydrogens (tertiary/aromatic N) is 1. The first-order valence-corrected chi connectivity index (χ1v) is 8.39. The lowest BCUT2D eigenvalue weighted by Crippen LogP contribution is -2.58. The summed E-state index contributed by atoms with van der Waals surface area (Å²) in [4.78, 5) is 36.4. The van der Waals surface area contributed by atoms with E-state index in [2.05, 4.69) is 5.32 Å². The van der Waals surface area contributed by atoms with Crippen LogP contribution in [0.25, 0.3) is 0 Å².